The van der Waals surface area contributed by atoms with Crippen molar-refractivity contribution >= 4 is 11.7 Å². The maximum Gasteiger partial charge on any atom is 0.296 e. The average molecular weight is 292 g/mol. The second kappa shape index (κ2) is 6.01. The molecule has 1 aliphatic carbocycles. The summed E-state index contributed by atoms with van der Waals surface area (Å²) in [6.45, 7) is 3.60. The quantitative estimate of drug-likeness (QED) is 0.301. The molecule has 1 amide bonds. The van der Waals surface area contributed by atoms with Gasteiger partial charge in [-0.05, 0) is 38.3 Å². The number of amides is 1. The number of hydrogen-bond acceptors (Lipinski definition) is 6. The molecule has 7 nitrogen and oxygen atoms in total. The van der Waals surface area contributed by atoms with Crippen LogP contribution in [0.15, 0.2) is 22.4 Å². The van der Waals surface area contributed by atoms with Crippen LogP contribution < -0.4 is 16.9 Å². The summed E-state index contributed by atoms with van der Waals surface area (Å²) < 4.78 is 5.22. The monoisotopic (exact) mass is 292 g/mol. The number of carbonyl (C=O) groups excluding carboxylic acids is 2. The van der Waals surface area contributed by atoms with E-state index >= 15 is 0 Å². The number of furan rings is 1. The smallest absolute Gasteiger partial charge is 0.296 e. The Balaban J connectivity index is 1.87. The second-order valence-corrected chi connectivity index (χ2v) is 5.24. The first-order valence-electron chi connectivity index (χ1n) is 6.77. The zero-order chi connectivity index (χ0) is 15.6. The molecular weight excluding hydrogens is 272 g/mol. The minimum atomic E-state index is -0.755. The van der Waals surface area contributed by atoms with Crippen LogP contribution in [0.2, 0.25) is 0 Å². The van der Waals surface area contributed by atoms with Crippen LogP contribution in [0.25, 0.3) is 0 Å². The summed E-state index contributed by atoms with van der Waals surface area (Å²) in [6, 6.07) is 1.88. The van der Waals surface area contributed by atoms with Crippen molar-refractivity contribution < 1.29 is 14.0 Å². The second-order valence-electron chi connectivity index (χ2n) is 5.24. The third-order valence-electron chi connectivity index (χ3n) is 3.33. The molecular formula is C14H20N4O3. The molecule has 1 aromatic heterocycles. The highest BCUT2D eigenvalue weighted by Crippen LogP contribution is 2.24. The lowest BCUT2D eigenvalue weighted by atomic mass is 10.2. The van der Waals surface area contributed by atoms with E-state index in [1.54, 1.807) is 19.2 Å². The lowest BCUT2D eigenvalue weighted by molar-refractivity contribution is -0.116. The Morgan fingerprint density at radius 2 is 2.14 bits per heavy atom. The van der Waals surface area contributed by atoms with E-state index < -0.39 is 11.7 Å². The van der Waals surface area contributed by atoms with Crippen molar-refractivity contribution in [2.45, 2.75) is 32.7 Å². The first kappa shape index (κ1) is 15.1. The fourth-order valence-electron chi connectivity index (χ4n) is 1.77. The Morgan fingerprint density at radius 3 is 2.67 bits per heavy atom. The fourth-order valence-corrected chi connectivity index (χ4v) is 1.77. The molecule has 0 atom stereocenters. The highest BCUT2D eigenvalue weighted by molar-refractivity contribution is 6.42. The molecule has 0 aliphatic heterocycles. The van der Waals surface area contributed by atoms with Gasteiger partial charge in [0.2, 0.25) is 0 Å². The van der Waals surface area contributed by atoms with E-state index in [0.717, 1.165) is 18.4 Å². The van der Waals surface area contributed by atoms with Crippen molar-refractivity contribution in [2.75, 3.05) is 6.54 Å². The number of aryl methyl sites for hydroxylation is 2. The van der Waals surface area contributed by atoms with E-state index in [9.17, 15) is 9.59 Å². The Morgan fingerprint density at radius 1 is 1.48 bits per heavy atom. The largest absolute Gasteiger partial charge is 0.457 e. The Bertz CT molecular complexity index is 568. The van der Waals surface area contributed by atoms with Crippen LogP contribution in [-0.4, -0.2) is 29.3 Å². The van der Waals surface area contributed by atoms with Crippen molar-refractivity contribution in [3.05, 3.63) is 35.0 Å². The molecule has 0 aromatic carbocycles. The van der Waals surface area contributed by atoms with Gasteiger partial charge < -0.3 is 20.5 Å². The molecule has 1 fully saturated rings. The van der Waals surface area contributed by atoms with Gasteiger partial charge in [-0.2, -0.15) is 0 Å². The maximum atomic E-state index is 11.9. The van der Waals surface area contributed by atoms with Gasteiger partial charge >= 0.3 is 0 Å². The van der Waals surface area contributed by atoms with Gasteiger partial charge in [0, 0.05) is 17.9 Å². The summed E-state index contributed by atoms with van der Waals surface area (Å²) >= 11 is 0. The molecule has 0 unspecified atom stereocenters. The van der Waals surface area contributed by atoms with Gasteiger partial charge in [-0.1, -0.05) is 0 Å². The minimum absolute atomic E-state index is 0.0310. The Labute approximate surface area is 122 Å². The molecule has 1 saturated carbocycles. The maximum absolute atomic E-state index is 11.9. The van der Waals surface area contributed by atoms with Gasteiger partial charge in [0.05, 0.1) is 6.54 Å². The molecule has 1 aliphatic rings. The minimum Gasteiger partial charge on any atom is -0.457 e. The molecule has 0 bridgehead atoms. The first-order chi connectivity index (χ1) is 9.88. The highest BCUT2D eigenvalue weighted by atomic mass is 16.3. The van der Waals surface area contributed by atoms with E-state index in [1.165, 1.54) is 5.01 Å². The van der Waals surface area contributed by atoms with Crippen molar-refractivity contribution in [1.82, 2.24) is 10.3 Å². The number of hydrogen-bond donors (Lipinski definition) is 3. The molecule has 0 spiro atoms. The van der Waals surface area contributed by atoms with Crippen molar-refractivity contribution in [2.24, 2.45) is 11.6 Å². The van der Waals surface area contributed by atoms with Gasteiger partial charge in [-0.3, -0.25) is 9.59 Å². The van der Waals surface area contributed by atoms with Crippen LogP contribution in [-0.2, 0) is 4.79 Å². The number of nitrogens with two attached hydrogens (primary N) is 2. The number of ketones is 1. The number of nitrogens with zero attached hydrogens (tertiary/aromatic N) is 1. The summed E-state index contributed by atoms with van der Waals surface area (Å²) in [5.41, 5.74) is 6.96. The van der Waals surface area contributed by atoms with Crippen LogP contribution in [0.1, 0.15) is 34.7 Å². The molecule has 7 heteroatoms. The van der Waals surface area contributed by atoms with Crippen molar-refractivity contribution in [1.29, 1.82) is 0 Å². The molecule has 1 aromatic rings. The van der Waals surface area contributed by atoms with Gasteiger partial charge in [-0.25, -0.2) is 5.84 Å². The number of rotatable bonds is 6. The standard InChI is InChI=1S/C14H20N4O3/c1-8-5-12(21-9(8)2)13(19)14(20)17-6-10(15)7-18(16)11-3-4-11/h5,7,11H,3-4,6,15-16H2,1-2H3,(H,17,20)/b10-7-. The highest BCUT2D eigenvalue weighted by Gasteiger charge is 2.25. The normalized spacial score (nSPS) is 14.9. The van der Waals surface area contributed by atoms with Crippen molar-refractivity contribution in [3.63, 3.8) is 0 Å². The van der Waals surface area contributed by atoms with E-state index in [2.05, 4.69) is 5.32 Å². The topological polar surface area (TPSA) is 115 Å². The van der Waals surface area contributed by atoms with Crippen LogP contribution in [0, 0.1) is 13.8 Å². The predicted octanol–water partition coefficient (Wildman–Crippen LogP) is 0.334. The number of Topliss-reactive ketones (excluding diaryl/α,β-unsaturated/α-hetero) is 1. The molecule has 0 radical (unpaired) electrons. The lowest BCUT2D eigenvalue weighted by Crippen LogP contribution is -2.35. The predicted molar refractivity (Wildman–Crippen MR) is 76.8 cm³/mol. The zero-order valence-corrected chi connectivity index (χ0v) is 12.2. The number of hydrazine groups is 1. The zero-order valence-electron chi connectivity index (χ0n) is 12.2. The van der Waals surface area contributed by atoms with E-state index in [0.29, 0.717) is 17.5 Å². The molecule has 21 heavy (non-hydrogen) atoms. The molecule has 5 N–H and O–H groups in total. The molecule has 0 saturated heterocycles. The van der Waals surface area contributed by atoms with Crippen LogP contribution in [0.4, 0.5) is 0 Å². The summed E-state index contributed by atoms with van der Waals surface area (Å²) in [4.78, 5) is 23.6. The van der Waals surface area contributed by atoms with Crippen LogP contribution in [0.3, 0.4) is 0 Å². The van der Waals surface area contributed by atoms with Gasteiger partial charge in [0.15, 0.2) is 5.76 Å². The summed E-state index contributed by atoms with van der Waals surface area (Å²) in [7, 11) is 0. The third kappa shape index (κ3) is 3.85. The summed E-state index contributed by atoms with van der Waals surface area (Å²) in [6.07, 6.45) is 3.66. The van der Waals surface area contributed by atoms with Gasteiger partial charge in [-0.15, -0.1) is 0 Å². The first-order valence-corrected chi connectivity index (χ1v) is 6.77. The fraction of sp³-hybridized carbons (Fsp3) is 0.429. The van der Waals surface area contributed by atoms with E-state index in [-0.39, 0.29) is 12.3 Å². The summed E-state index contributed by atoms with van der Waals surface area (Å²) in [5.74, 6) is 4.92. The number of nitrogens with one attached hydrogen (secondary N) is 1. The van der Waals surface area contributed by atoms with Crippen LogP contribution in [0.5, 0.6) is 0 Å². The van der Waals surface area contributed by atoms with Crippen LogP contribution >= 0.6 is 0 Å². The van der Waals surface area contributed by atoms with E-state index in [4.69, 9.17) is 16.0 Å². The van der Waals surface area contributed by atoms with Gasteiger partial charge in [0.25, 0.3) is 11.7 Å². The van der Waals surface area contributed by atoms with Gasteiger partial charge in [0.1, 0.15) is 5.76 Å². The molecule has 1 heterocycles. The molecule has 2 rings (SSSR count). The lowest BCUT2D eigenvalue weighted by Gasteiger charge is -2.13. The molecule has 114 valence electrons. The Hall–Kier alpha value is -2.28. The summed E-state index contributed by atoms with van der Waals surface area (Å²) in [5, 5.41) is 3.98. The average Bonchev–Trinajstić information content (AvgIpc) is 3.22. The van der Waals surface area contributed by atoms with Crippen molar-refractivity contribution in [3.8, 4) is 0 Å². The Kier molecular flexibility index (Phi) is 4.32. The van der Waals surface area contributed by atoms with E-state index in [1.807, 2.05) is 6.92 Å². The SMILES string of the molecule is Cc1cc(C(=O)C(=O)NC/C(N)=C/N(N)C2CC2)oc1C. The number of carbonyl (C=O) groups is 2. The third-order valence-corrected chi connectivity index (χ3v) is 3.33.